The highest BCUT2D eigenvalue weighted by Crippen LogP contribution is 2.18. The second-order valence-corrected chi connectivity index (χ2v) is 4.31. The standard InChI is InChI=1S/C11H18N6O/c1-13-8-6-9(15-11(12)14-8)17-5-3-4-16(2)10(18)7-17/h6H,3-5,7H2,1-2H3,(H3,12,13,14,15). The summed E-state index contributed by atoms with van der Waals surface area (Å²) in [4.78, 5) is 23.7. The molecule has 0 unspecified atom stereocenters. The molecule has 1 aliphatic rings. The zero-order chi connectivity index (χ0) is 13.1. The number of hydrogen-bond acceptors (Lipinski definition) is 6. The highest BCUT2D eigenvalue weighted by molar-refractivity contribution is 5.81. The first-order valence-corrected chi connectivity index (χ1v) is 5.91. The summed E-state index contributed by atoms with van der Waals surface area (Å²) in [6.45, 7) is 1.89. The van der Waals surface area contributed by atoms with Crippen LogP contribution in [0.2, 0.25) is 0 Å². The molecule has 1 aliphatic heterocycles. The number of nitrogens with zero attached hydrogens (tertiary/aromatic N) is 4. The molecule has 1 fully saturated rings. The summed E-state index contributed by atoms with van der Waals surface area (Å²) >= 11 is 0. The summed E-state index contributed by atoms with van der Waals surface area (Å²) in [7, 11) is 3.59. The van der Waals surface area contributed by atoms with Gasteiger partial charge < -0.3 is 20.9 Å². The van der Waals surface area contributed by atoms with Gasteiger partial charge in [0.15, 0.2) is 0 Å². The van der Waals surface area contributed by atoms with Crippen LogP contribution in [0.5, 0.6) is 0 Å². The molecule has 7 heteroatoms. The molecule has 1 aromatic rings. The van der Waals surface area contributed by atoms with Gasteiger partial charge in [-0.25, -0.2) is 0 Å². The number of carbonyl (C=O) groups is 1. The van der Waals surface area contributed by atoms with E-state index in [1.165, 1.54) is 0 Å². The van der Waals surface area contributed by atoms with E-state index in [1.807, 2.05) is 11.9 Å². The second-order valence-electron chi connectivity index (χ2n) is 4.31. The fraction of sp³-hybridized carbons (Fsp3) is 0.545. The molecular formula is C11H18N6O. The summed E-state index contributed by atoms with van der Waals surface area (Å²) < 4.78 is 0. The van der Waals surface area contributed by atoms with Crippen LogP contribution in [0.15, 0.2) is 6.07 Å². The lowest BCUT2D eigenvalue weighted by atomic mass is 10.3. The number of rotatable bonds is 2. The summed E-state index contributed by atoms with van der Waals surface area (Å²) in [6.07, 6.45) is 0.918. The van der Waals surface area contributed by atoms with E-state index in [0.717, 1.165) is 19.5 Å². The Kier molecular flexibility index (Phi) is 3.50. The molecule has 98 valence electrons. The maximum atomic E-state index is 11.8. The van der Waals surface area contributed by atoms with Crippen molar-refractivity contribution < 1.29 is 4.79 Å². The first-order chi connectivity index (χ1) is 8.60. The number of carbonyl (C=O) groups excluding carboxylic acids is 1. The molecule has 7 nitrogen and oxygen atoms in total. The molecule has 2 heterocycles. The lowest BCUT2D eigenvalue weighted by Crippen LogP contribution is -2.34. The van der Waals surface area contributed by atoms with Gasteiger partial charge in [-0.05, 0) is 6.42 Å². The van der Waals surface area contributed by atoms with Gasteiger partial charge in [0.2, 0.25) is 11.9 Å². The van der Waals surface area contributed by atoms with E-state index in [-0.39, 0.29) is 11.9 Å². The van der Waals surface area contributed by atoms with Gasteiger partial charge in [-0.2, -0.15) is 9.97 Å². The number of nitrogens with two attached hydrogens (primary N) is 1. The minimum absolute atomic E-state index is 0.0932. The summed E-state index contributed by atoms with van der Waals surface area (Å²) in [6, 6.07) is 1.80. The molecule has 0 saturated carbocycles. The highest BCUT2D eigenvalue weighted by atomic mass is 16.2. The first kappa shape index (κ1) is 12.4. The molecule has 3 N–H and O–H groups in total. The maximum absolute atomic E-state index is 11.8. The Morgan fingerprint density at radius 2 is 2.17 bits per heavy atom. The Labute approximate surface area is 106 Å². The van der Waals surface area contributed by atoms with Gasteiger partial charge in [0.05, 0.1) is 6.54 Å². The van der Waals surface area contributed by atoms with Crippen LogP contribution in [0.1, 0.15) is 6.42 Å². The molecule has 1 amide bonds. The zero-order valence-corrected chi connectivity index (χ0v) is 10.7. The van der Waals surface area contributed by atoms with Crippen LogP contribution in [0, 0.1) is 0 Å². The number of nitrogens with one attached hydrogen (secondary N) is 1. The zero-order valence-electron chi connectivity index (χ0n) is 10.7. The summed E-state index contributed by atoms with van der Waals surface area (Å²) in [5.74, 6) is 1.65. The average Bonchev–Trinajstić information content (AvgIpc) is 2.51. The Hall–Kier alpha value is -2.05. The molecule has 18 heavy (non-hydrogen) atoms. The van der Waals surface area contributed by atoms with Crippen molar-refractivity contribution >= 4 is 23.5 Å². The number of amides is 1. The van der Waals surface area contributed by atoms with Crippen molar-refractivity contribution in [3.63, 3.8) is 0 Å². The van der Waals surface area contributed by atoms with Crippen molar-refractivity contribution in [2.75, 3.05) is 49.7 Å². The minimum Gasteiger partial charge on any atom is -0.373 e. The molecule has 0 aliphatic carbocycles. The monoisotopic (exact) mass is 250 g/mol. The summed E-state index contributed by atoms with van der Waals surface area (Å²) in [5.41, 5.74) is 5.66. The number of aromatic nitrogens is 2. The van der Waals surface area contributed by atoms with Crippen molar-refractivity contribution in [1.82, 2.24) is 14.9 Å². The van der Waals surface area contributed by atoms with E-state index < -0.39 is 0 Å². The van der Waals surface area contributed by atoms with E-state index >= 15 is 0 Å². The van der Waals surface area contributed by atoms with Gasteiger partial charge in [-0.3, -0.25) is 4.79 Å². The summed E-state index contributed by atoms with van der Waals surface area (Å²) in [5, 5.41) is 2.93. The van der Waals surface area contributed by atoms with Crippen LogP contribution in [-0.4, -0.2) is 54.5 Å². The molecule has 2 rings (SSSR count). The molecule has 0 atom stereocenters. The van der Waals surface area contributed by atoms with E-state index in [4.69, 9.17) is 5.73 Å². The first-order valence-electron chi connectivity index (χ1n) is 5.91. The van der Waals surface area contributed by atoms with Crippen LogP contribution in [-0.2, 0) is 4.79 Å². The van der Waals surface area contributed by atoms with Crippen molar-refractivity contribution in [2.45, 2.75) is 6.42 Å². The normalized spacial score (nSPS) is 16.7. The fourth-order valence-electron chi connectivity index (χ4n) is 1.92. The predicted molar refractivity (Wildman–Crippen MR) is 70.5 cm³/mol. The third-order valence-corrected chi connectivity index (χ3v) is 2.98. The van der Waals surface area contributed by atoms with E-state index in [1.54, 1.807) is 18.0 Å². The van der Waals surface area contributed by atoms with E-state index in [2.05, 4.69) is 15.3 Å². The Balaban J connectivity index is 2.24. The quantitative estimate of drug-likeness (QED) is 0.754. The minimum atomic E-state index is 0.0932. The van der Waals surface area contributed by atoms with Crippen molar-refractivity contribution in [3.05, 3.63) is 6.07 Å². The maximum Gasteiger partial charge on any atom is 0.241 e. The van der Waals surface area contributed by atoms with E-state index in [0.29, 0.717) is 18.2 Å². The molecule has 0 aromatic carbocycles. The second kappa shape index (κ2) is 5.07. The van der Waals surface area contributed by atoms with Crippen molar-refractivity contribution in [3.8, 4) is 0 Å². The van der Waals surface area contributed by atoms with Crippen molar-refractivity contribution in [1.29, 1.82) is 0 Å². The van der Waals surface area contributed by atoms with Gasteiger partial charge in [0.25, 0.3) is 0 Å². The third-order valence-electron chi connectivity index (χ3n) is 2.98. The topological polar surface area (TPSA) is 87.4 Å². The van der Waals surface area contributed by atoms with Crippen LogP contribution >= 0.6 is 0 Å². The largest absolute Gasteiger partial charge is 0.373 e. The number of likely N-dealkylation sites (N-methyl/N-ethyl adjacent to an activating group) is 1. The molecule has 0 bridgehead atoms. The molecule has 1 saturated heterocycles. The predicted octanol–water partition coefficient (Wildman–Crippen LogP) is -0.231. The molecule has 0 spiro atoms. The Morgan fingerprint density at radius 3 is 2.89 bits per heavy atom. The molecule has 1 aromatic heterocycles. The van der Waals surface area contributed by atoms with Crippen LogP contribution in [0.4, 0.5) is 17.6 Å². The van der Waals surface area contributed by atoms with Crippen molar-refractivity contribution in [2.24, 2.45) is 0 Å². The Morgan fingerprint density at radius 1 is 1.39 bits per heavy atom. The lowest BCUT2D eigenvalue weighted by Gasteiger charge is -2.21. The van der Waals surface area contributed by atoms with Gasteiger partial charge in [0.1, 0.15) is 11.6 Å². The van der Waals surface area contributed by atoms with Crippen LogP contribution in [0.25, 0.3) is 0 Å². The van der Waals surface area contributed by atoms with Gasteiger partial charge in [-0.15, -0.1) is 0 Å². The van der Waals surface area contributed by atoms with Crippen LogP contribution in [0.3, 0.4) is 0 Å². The Bertz CT molecular complexity index is 449. The smallest absolute Gasteiger partial charge is 0.241 e. The van der Waals surface area contributed by atoms with Crippen LogP contribution < -0.4 is 16.0 Å². The third kappa shape index (κ3) is 2.61. The molecule has 0 radical (unpaired) electrons. The SMILES string of the molecule is CNc1cc(N2CCCN(C)C(=O)C2)nc(N)n1. The molecular weight excluding hydrogens is 232 g/mol. The lowest BCUT2D eigenvalue weighted by molar-refractivity contribution is -0.127. The highest BCUT2D eigenvalue weighted by Gasteiger charge is 2.20. The van der Waals surface area contributed by atoms with Gasteiger partial charge >= 0.3 is 0 Å². The van der Waals surface area contributed by atoms with Gasteiger partial charge in [0, 0.05) is 33.3 Å². The number of anilines is 3. The number of hydrogen-bond donors (Lipinski definition) is 2. The fourth-order valence-corrected chi connectivity index (χ4v) is 1.92. The van der Waals surface area contributed by atoms with Gasteiger partial charge in [-0.1, -0.05) is 0 Å². The average molecular weight is 250 g/mol. The van der Waals surface area contributed by atoms with E-state index in [9.17, 15) is 4.79 Å². The number of nitrogen functional groups attached to an aromatic ring is 1.